The largest absolute Gasteiger partial charge is 0.497 e. The van der Waals surface area contributed by atoms with Gasteiger partial charge in [0.1, 0.15) is 10.6 Å². The summed E-state index contributed by atoms with van der Waals surface area (Å²) in [5, 5.41) is 11.2. The molecule has 2 aromatic carbocycles. The van der Waals surface area contributed by atoms with Crippen LogP contribution in [0.3, 0.4) is 0 Å². The molecule has 0 unspecified atom stereocenters. The van der Waals surface area contributed by atoms with Crippen molar-refractivity contribution in [2.75, 3.05) is 7.11 Å². The Bertz CT molecular complexity index is 906. The molecule has 3 nitrogen and oxygen atoms in total. The van der Waals surface area contributed by atoms with Crippen LogP contribution in [0.25, 0.3) is 10.1 Å². The van der Waals surface area contributed by atoms with Crippen molar-refractivity contribution in [1.82, 2.24) is 0 Å². The third-order valence-corrected chi connectivity index (χ3v) is 6.58. The van der Waals surface area contributed by atoms with Gasteiger partial charge in [-0.1, -0.05) is 41.0 Å². The Morgan fingerprint density at radius 1 is 1.26 bits per heavy atom. The summed E-state index contributed by atoms with van der Waals surface area (Å²) in [7, 11) is 1.58. The minimum atomic E-state index is -0.967. The van der Waals surface area contributed by atoms with Crippen LogP contribution in [0.15, 0.2) is 46.2 Å². The quantitative estimate of drug-likeness (QED) is 0.593. The zero-order chi connectivity index (χ0) is 16.6. The summed E-state index contributed by atoms with van der Waals surface area (Å²) in [6.07, 6.45) is 0. The molecule has 0 radical (unpaired) electrons. The number of methoxy groups -OCH3 is 1. The minimum Gasteiger partial charge on any atom is -0.497 e. The summed E-state index contributed by atoms with van der Waals surface area (Å²) in [5.41, 5.74) is 0. The van der Waals surface area contributed by atoms with Crippen LogP contribution < -0.4 is 4.74 Å². The molecule has 0 aliphatic carbocycles. The molecular formula is C16H10Cl2O3S2. The molecular weight excluding hydrogens is 375 g/mol. The van der Waals surface area contributed by atoms with Gasteiger partial charge in [0.05, 0.1) is 17.2 Å². The van der Waals surface area contributed by atoms with Gasteiger partial charge in [-0.3, -0.25) is 0 Å². The first kappa shape index (κ1) is 16.5. The van der Waals surface area contributed by atoms with E-state index >= 15 is 0 Å². The number of fused-ring (bicyclic) bond motifs is 1. The Hall–Kier alpha value is -1.40. The molecule has 0 bridgehead atoms. The maximum absolute atomic E-state index is 11.6. The lowest BCUT2D eigenvalue weighted by atomic mass is 10.2. The Balaban J connectivity index is 2.19. The van der Waals surface area contributed by atoms with Gasteiger partial charge in [-0.2, -0.15) is 0 Å². The SMILES string of the molecule is COc1ccc2sc(C(=O)O)c(Sc3cccc(Cl)c3Cl)c2c1. The second-order valence-corrected chi connectivity index (χ2v) is 7.47. The van der Waals surface area contributed by atoms with E-state index in [2.05, 4.69) is 0 Å². The standard InChI is InChI=1S/C16H10Cl2O3S2/c1-21-8-5-6-11-9(7-8)14(15(22-11)16(19)20)23-12-4-2-3-10(17)13(12)18/h2-7H,1H3,(H,19,20). The highest BCUT2D eigenvalue weighted by molar-refractivity contribution is 8.00. The van der Waals surface area contributed by atoms with E-state index in [1.54, 1.807) is 19.2 Å². The van der Waals surface area contributed by atoms with E-state index in [1.165, 1.54) is 23.1 Å². The number of thiophene rings is 1. The van der Waals surface area contributed by atoms with E-state index in [9.17, 15) is 9.90 Å². The van der Waals surface area contributed by atoms with Crippen molar-refractivity contribution in [3.8, 4) is 5.75 Å². The highest BCUT2D eigenvalue weighted by atomic mass is 35.5. The topological polar surface area (TPSA) is 46.5 Å². The lowest BCUT2D eigenvalue weighted by Crippen LogP contribution is -1.93. The molecule has 0 aliphatic heterocycles. The third-order valence-electron chi connectivity index (χ3n) is 3.17. The summed E-state index contributed by atoms with van der Waals surface area (Å²) >= 11 is 14.8. The smallest absolute Gasteiger partial charge is 0.347 e. The zero-order valence-electron chi connectivity index (χ0n) is 11.8. The Labute approximate surface area is 150 Å². The van der Waals surface area contributed by atoms with Crippen molar-refractivity contribution < 1.29 is 14.6 Å². The van der Waals surface area contributed by atoms with Gasteiger partial charge >= 0.3 is 5.97 Å². The first-order chi connectivity index (χ1) is 11.0. The third kappa shape index (κ3) is 3.15. The highest BCUT2D eigenvalue weighted by Gasteiger charge is 2.20. The average Bonchev–Trinajstić information content (AvgIpc) is 2.90. The molecule has 0 saturated carbocycles. The second-order valence-electron chi connectivity index (χ2n) is 4.58. The molecule has 0 spiro atoms. The van der Waals surface area contributed by atoms with Crippen LogP contribution in [0.2, 0.25) is 10.0 Å². The van der Waals surface area contributed by atoms with E-state index in [0.29, 0.717) is 25.6 Å². The van der Waals surface area contributed by atoms with E-state index < -0.39 is 5.97 Å². The molecule has 0 amide bonds. The molecule has 23 heavy (non-hydrogen) atoms. The van der Waals surface area contributed by atoms with Crippen molar-refractivity contribution in [2.45, 2.75) is 9.79 Å². The normalized spacial score (nSPS) is 10.9. The molecule has 0 aliphatic rings. The van der Waals surface area contributed by atoms with Gasteiger partial charge in [-0.05, 0) is 30.3 Å². The number of carbonyl (C=O) groups is 1. The van der Waals surface area contributed by atoms with Crippen LogP contribution in [0.1, 0.15) is 9.67 Å². The van der Waals surface area contributed by atoms with E-state index in [-0.39, 0.29) is 4.88 Å². The van der Waals surface area contributed by atoms with E-state index in [0.717, 1.165) is 10.1 Å². The summed E-state index contributed by atoms with van der Waals surface area (Å²) in [6, 6.07) is 10.8. The lowest BCUT2D eigenvalue weighted by Gasteiger charge is -2.06. The maximum Gasteiger partial charge on any atom is 0.347 e. The minimum absolute atomic E-state index is 0.272. The summed E-state index contributed by atoms with van der Waals surface area (Å²) in [4.78, 5) is 13.2. The van der Waals surface area contributed by atoms with Gasteiger partial charge in [0.25, 0.3) is 0 Å². The first-order valence-corrected chi connectivity index (χ1v) is 8.86. The van der Waals surface area contributed by atoms with Crippen molar-refractivity contribution >= 4 is 62.4 Å². The first-order valence-electron chi connectivity index (χ1n) is 6.47. The number of halogens is 2. The molecule has 118 valence electrons. The van der Waals surface area contributed by atoms with Gasteiger partial charge in [-0.25, -0.2) is 4.79 Å². The van der Waals surface area contributed by atoms with Crippen LogP contribution in [0.5, 0.6) is 5.75 Å². The summed E-state index contributed by atoms with van der Waals surface area (Å²) in [5.74, 6) is -0.294. The van der Waals surface area contributed by atoms with E-state index in [1.807, 2.05) is 24.3 Å². The molecule has 1 aromatic heterocycles. The Morgan fingerprint density at radius 2 is 2.04 bits per heavy atom. The molecule has 3 aromatic rings. The maximum atomic E-state index is 11.6. The summed E-state index contributed by atoms with van der Waals surface area (Å²) < 4.78 is 6.12. The fourth-order valence-electron chi connectivity index (χ4n) is 2.10. The number of hydrogen-bond acceptors (Lipinski definition) is 4. The number of hydrogen-bond donors (Lipinski definition) is 1. The number of aromatic carboxylic acids is 1. The lowest BCUT2D eigenvalue weighted by molar-refractivity contribution is 0.0699. The predicted molar refractivity (Wildman–Crippen MR) is 95.9 cm³/mol. The van der Waals surface area contributed by atoms with Crippen molar-refractivity contribution in [2.24, 2.45) is 0 Å². The Kier molecular flexibility index (Phi) is 4.73. The Morgan fingerprint density at radius 3 is 2.74 bits per heavy atom. The monoisotopic (exact) mass is 384 g/mol. The predicted octanol–water partition coefficient (Wildman–Crippen LogP) is 6.07. The van der Waals surface area contributed by atoms with Gasteiger partial charge < -0.3 is 9.84 Å². The van der Waals surface area contributed by atoms with Crippen molar-refractivity contribution in [1.29, 1.82) is 0 Å². The van der Waals surface area contributed by atoms with Gasteiger partial charge in [0.2, 0.25) is 0 Å². The van der Waals surface area contributed by atoms with Gasteiger partial charge in [0, 0.05) is 19.9 Å². The average molecular weight is 385 g/mol. The number of carboxylic acids is 1. The van der Waals surface area contributed by atoms with Crippen LogP contribution in [-0.2, 0) is 0 Å². The number of rotatable bonds is 4. The molecule has 1 heterocycles. The number of ether oxygens (including phenoxy) is 1. The van der Waals surface area contributed by atoms with Crippen LogP contribution in [0.4, 0.5) is 0 Å². The fraction of sp³-hybridized carbons (Fsp3) is 0.0625. The van der Waals surface area contributed by atoms with Gasteiger partial charge in [0.15, 0.2) is 0 Å². The zero-order valence-corrected chi connectivity index (χ0v) is 14.9. The van der Waals surface area contributed by atoms with Crippen LogP contribution in [0, 0.1) is 0 Å². The highest BCUT2D eigenvalue weighted by Crippen LogP contribution is 2.45. The molecule has 3 rings (SSSR count). The molecule has 7 heteroatoms. The van der Waals surface area contributed by atoms with Crippen molar-refractivity contribution in [3.63, 3.8) is 0 Å². The molecule has 1 N–H and O–H groups in total. The van der Waals surface area contributed by atoms with Crippen LogP contribution in [-0.4, -0.2) is 18.2 Å². The number of benzene rings is 2. The van der Waals surface area contributed by atoms with E-state index in [4.69, 9.17) is 27.9 Å². The molecule has 0 fully saturated rings. The van der Waals surface area contributed by atoms with Gasteiger partial charge in [-0.15, -0.1) is 11.3 Å². The molecule has 0 atom stereocenters. The number of carboxylic acid groups (broad SMARTS) is 1. The molecule has 0 saturated heterocycles. The fourth-order valence-corrected chi connectivity index (χ4v) is 4.82. The second kappa shape index (κ2) is 6.61. The van der Waals surface area contributed by atoms with Crippen LogP contribution >= 0.6 is 46.3 Å². The summed E-state index contributed by atoms with van der Waals surface area (Å²) in [6.45, 7) is 0. The van der Waals surface area contributed by atoms with Crippen molar-refractivity contribution in [3.05, 3.63) is 51.3 Å².